The Morgan fingerprint density at radius 2 is 1.92 bits per heavy atom. The first-order valence-corrected chi connectivity index (χ1v) is 17.6. The number of benzene rings is 2. The SMILES string of the molecule is CN=C1NCCC2(CCCC(Oc3cc(CCC4CC(OC(C)=O)CC(c5cc(O)c(O)c(OCCc6cccnc6)c5)O4)ccc3O)C2)N1. The van der Waals surface area contributed by atoms with Gasteiger partial charge in [-0.05, 0) is 85.5 Å². The Balaban J connectivity index is 1.11. The lowest BCUT2D eigenvalue weighted by molar-refractivity contribution is -0.160. The minimum absolute atomic E-state index is 0.0357. The number of ether oxygens (including phenoxy) is 4. The number of guanidine groups is 1. The van der Waals surface area contributed by atoms with Gasteiger partial charge < -0.3 is 44.9 Å². The highest BCUT2D eigenvalue weighted by Gasteiger charge is 2.40. The first-order chi connectivity index (χ1) is 24.2. The fraction of sp³-hybridized carbons (Fsp3) is 0.500. The molecule has 1 aromatic heterocycles. The molecule has 1 spiro atoms. The van der Waals surface area contributed by atoms with Gasteiger partial charge in [0.05, 0.1) is 18.8 Å². The van der Waals surface area contributed by atoms with Gasteiger partial charge in [0.2, 0.25) is 5.75 Å². The van der Waals surface area contributed by atoms with Crippen molar-refractivity contribution in [1.29, 1.82) is 0 Å². The molecule has 6 rings (SSSR count). The van der Waals surface area contributed by atoms with Crippen molar-refractivity contribution < 1.29 is 39.1 Å². The molecule has 2 saturated heterocycles. The van der Waals surface area contributed by atoms with Crippen LogP contribution in [-0.2, 0) is 27.1 Å². The number of hydrogen-bond acceptors (Lipinski definition) is 10. The average molecular weight is 689 g/mol. The van der Waals surface area contributed by atoms with Crippen LogP contribution in [-0.4, -0.2) is 76.3 Å². The molecule has 3 aliphatic rings. The predicted octanol–water partition coefficient (Wildman–Crippen LogP) is 5.23. The van der Waals surface area contributed by atoms with Crippen LogP contribution >= 0.6 is 0 Å². The normalized spacial score (nSPS) is 25.8. The number of carbonyl (C=O) groups is 1. The number of phenolic OH excluding ortho intramolecular Hbond substituents is 3. The van der Waals surface area contributed by atoms with E-state index >= 15 is 0 Å². The van der Waals surface area contributed by atoms with Crippen molar-refractivity contribution in [1.82, 2.24) is 15.6 Å². The van der Waals surface area contributed by atoms with Crippen LogP contribution < -0.4 is 20.1 Å². The highest BCUT2D eigenvalue weighted by molar-refractivity contribution is 5.81. The Hall–Kier alpha value is -4.71. The number of hydrogen-bond donors (Lipinski definition) is 5. The monoisotopic (exact) mass is 688 g/mol. The van der Waals surface area contributed by atoms with E-state index in [2.05, 4.69) is 20.6 Å². The van der Waals surface area contributed by atoms with E-state index in [0.717, 1.165) is 55.7 Å². The number of carbonyl (C=O) groups excluding carboxylic acids is 1. The molecule has 50 heavy (non-hydrogen) atoms. The summed E-state index contributed by atoms with van der Waals surface area (Å²) in [5.74, 6) is 0.514. The number of aromatic nitrogens is 1. The third-order valence-electron chi connectivity index (χ3n) is 9.89. The van der Waals surface area contributed by atoms with Gasteiger partial charge in [-0.1, -0.05) is 12.1 Å². The summed E-state index contributed by atoms with van der Waals surface area (Å²) in [5, 5.41) is 38.8. The molecule has 3 aromatic rings. The molecule has 3 fully saturated rings. The number of pyridine rings is 1. The Labute approximate surface area is 292 Å². The van der Waals surface area contributed by atoms with Gasteiger partial charge in [0.15, 0.2) is 29.0 Å². The minimum atomic E-state index is -0.510. The number of phenols is 3. The molecule has 268 valence electrons. The molecule has 2 aromatic carbocycles. The maximum absolute atomic E-state index is 12.0. The van der Waals surface area contributed by atoms with Crippen molar-refractivity contribution in [2.75, 3.05) is 20.2 Å². The molecule has 12 heteroatoms. The van der Waals surface area contributed by atoms with E-state index in [1.165, 1.54) is 13.0 Å². The number of aryl methyl sites for hydroxylation is 1. The summed E-state index contributed by atoms with van der Waals surface area (Å²) in [6.07, 6.45) is 9.82. The van der Waals surface area contributed by atoms with Crippen LogP contribution in [0.15, 0.2) is 59.9 Å². The zero-order chi connectivity index (χ0) is 35.1. The van der Waals surface area contributed by atoms with Crippen LogP contribution in [0.2, 0.25) is 0 Å². The predicted molar refractivity (Wildman–Crippen MR) is 187 cm³/mol. The summed E-state index contributed by atoms with van der Waals surface area (Å²) in [4.78, 5) is 20.4. The van der Waals surface area contributed by atoms with E-state index in [1.807, 2.05) is 24.3 Å². The van der Waals surface area contributed by atoms with Gasteiger partial charge in [0.25, 0.3) is 0 Å². The van der Waals surface area contributed by atoms with E-state index in [0.29, 0.717) is 43.4 Å². The van der Waals surface area contributed by atoms with Crippen LogP contribution in [0.25, 0.3) is 0 Å². The highest BCUT2D eigenvalue weighted by Crippen LogP contribution is 2.43. The Kier molecular flexibility index (Phi) is 11.2. The van der Waals surface area contributed by atoms with Crippen LogP contribution in [0.5, 0.6) is 28.7 Å². The molecule has 3 heterocycles. The molecule has 5 unspecified atom stereocenters. The molecule has 5 atom stereocenters. The van der Waals surface area contributed by atoms with Gasteiger partial charge in [0.1, 0.15) is 12.2 Å². The molecule has 12 nitrogen and oxygen atoms in total. The Bertz CT molecular complexity index is 1650. The Morgan fingerprint density at radius 1 is 1.04 bits per heavy atom. The molecule has 0 bridgehead atoms. The number of nitrogens with zero attached hydrogens (tertiary/aromatic N) is 2. The van der Waals surface area contributed by atoms with Crippen molar-refractivity contribution in [2.24, 2.45) is 4.99 Å². The zero-order valence-electron chi connectivity index (χ0n) is 28.8. The maximum Gasteiger partial charge on any atom is 0.302 e. The van der Waals surface area contributed by atoms with E-state index in [9.17, 15) is 20.1 Å². The summed E-state index contributed by atoms with van der Waals surface area (Å²) < 4.78 is 24.5. The summed E-state index contributed by atoms with van der Waals surface area (Å²) >= 11 is 0. The second kappa shape index (κ2) is 15.9. The zero-order valence-corrected chi connectivity index (χ0v) is 28.8. The summed E-state index contributed by atoms with van der Waals surface area (Å²) in [6.45, 7) is 2.53. The minimum Gasteiger partial charge on any atom is -0.504 e. The van der Waals surface area contributed by atoms with Crippen molar-refractivity contribution in [3.63, 3.8) is 0 Å². The van der Waals surface area contributed by atoms with Gasteiger partial charge >= 0.3 is 5.97 Å². The van der Waals surface area contributed by atoms with Crippen LogP contribution in [0.3, 0.4) is 0 Å². The third kappa shape index (κ3) is 8.90. The van der Waals surface area contributed by atoms with E-state index in [4.69, 9.17) is 18.9 Å². The smallest absolute Gasteiger partial charge is 0.302 e. The molecule has 1 aliphatic carbocycles. The number of nitrogens with one attached hydrogen (secondary N) is 2. The fourth-order valence-corrected chi connectivity index (χ4v) is 7.42. The van der Waals surface area contributed by atoms with E-state index in [-0.39, 0.29) is 59.4 Å². The van der Waals surface area contributed by atoms with Crippen LogP contribution in [0, 0.1) is 0 Å². The lowest BCUT2D eigenvalue weighted by Crippen LogP contribution is -2.61. The second-order valence-corrected chi connectivity index (χ2v) is 13.6. The van der Waals surface area contributed by atoms with Crippen molar-refractivity contribution in [3.8, 4) is 28.7 Å². The van der Waals surface area contributed by atoms with Crippen molar-refractivity contribution in [3.05, 3.63) is 71.5 Å². The fourth-order valence-electron chi connectivity index (χ4n) is 7.42. The van der Waals surface area contributed by atoms with Gasteiger partial charge in [0, 0.05) is 64.1 Å². The number of aliphatic imine (C=N–C) groups is 1. The standard InChI is InChI=1S/C38H48N4O8/c1-24(43)48-30-20-28(49-33(21-30)27-18-32(45)36(46)35(19-27)47-16-11-26-5-4-14-40-23-26)9-7-25-8-10-31(44)34(17-25)50-29-6-3-12-38(22-29)13-15-41-37(39-2)42-38/h4-5,8,10,14,17-19,23,28-30,33,44-46H,3,6-7,9,11-13,15-16,20-22H2,1-2H3,(H2,39,41,42). The van der Waals surface area contributed by atoms with E-state index in [1.54, 1.807) is 31.6 Å². The number of rotatable bonds is 11. The summed E-state index contributed by atoms with van der Waals surface area (Å²) in [6, 6.07) is 12.4. The van der Waals surface area contributed by atoms with Gasteiger partial charge in [-0.2, -0.15) is 0 Å². The molecular formula is C38H48N4O8. The van der Waals surface area contributed by atoms with Crippen molar-refractivity contribution in [2.45, 2.75) is 101 Å². The molecule has 0 radical (unpaired) electrons. The van der Waals surface area contributed by atoms with E-state index < -0.39 is 6.10 Å². The molecule has 0 amide bonds. The molecular weight excluding hydrogens is 640 g/mol. The Morgan fingerprint density at radius 3 is 2.72 bits per heavy atom. The number of aromatic hydroxyl groups is 3. The molecule has 1 saturated carbocycles. The topological polar surface area (TPSA) is 164 Å². The maximum atomic E-state index is 12.0. The van der Waals surface area contributed by atoms with Gasteiger partial charge in [-0.3, -0.25) is 14.8 Å². The molecule has 5 N–H and O–H groups in total. The molecule has 2 aliphatic heterocycles. The lowest BCUT2D eigenvalue weighted by Gasteiger charge is -2.45. The van der Waals surface area contributed by atoms with Gasteiger partial charge in [-0.25, -0.2) is 0 Å². The van der Waals surface area contributed by atoms with Crippen molar-refractivity contribution >= 4 is 11.9 Å². The lowest BCUT2D eigenvalue weighted by atomic mass is 9.77. The quantitative estimate of drug-likeness (QED) is 0.132. The van der Waals surface area contributed by atoms with Crippen LogP contribution in [0.4, 0.5) is 0 Å². The number of esters is 1. The van der Waals surface area contributed by atoms with Crippen LogP contribution in [0.1, 0.15) is 81.1 Å². The summed E-state index contributed by atoms with van der Waals surface area (Å²) in [5.41, 5.74) is 2.53. The average Bonchev–Trinajstić information content (AvgIpc) is 3.10. The highest BCUT2D eigenvalue weighted by atomic mass is 16.6. The van der Waals surface area contributed by atoms with Gasteiger partial charge in [-0.15, -0.1) is 0 Å². The first-order valence-electron chi connectivity index (χ1n) is 17.6. The first kappa shape index (κ1) is 35.1. The second-order valence-electron chi connectivity index (χ2n) is 13.6. The third-order valence-corrected chi connectivity index (χ3v) is 9.89. The largest absolute Gasteiger partial charge is 0.504 e. The summed E-state index contributed by atoms with van der Waals surface area (Å²) in [7, 11) is 1.78.